The first-order valence-corrected chi connectivity index (χ1v) is 5.69. The summed E-state index contributed by atoms with van der Waals surface area (Å²) in [7, 11) is 0. The molecule has 1 rings (SSSR count). The van der Waals surface area contributed by atoms with Gasteiger partial charge in [0, 0.05) is 0 Å². The highest BCUT2D eigenvalue weighted by molar-refractivity contribution is 5.22. The monoisotopic (exact) mass is 177 g/mol. The van der Waals surface area contributed by atoms with Gasteiger partial charge in [0.2, 0.25) is 0 Å². The lowest BCUT2D eigenvalue weighted by Crippen LogP contribution is -1.80. The molecule has 0 bridgehead atoms. The molecule has 1 aliphatic carbocycles. The largest absolute Gasteiger partial charge is 0.0769 e. The van der Waals surface area contributed by atoms with Crippen LogP contribution in [0.25, 0.3) is 0 Å². The summed E-state index contributed by atoms with van der Waals surface area (Å²) in [4.78, 5) is 0. The highest BCUT2D eigenvalue weighted by Crippen LogP contribution is 2.16. The van der Waals surface area contributed by atoms with E-state index in [1.807, 2.05) is 0 Å². The van der Waals surface area contributed by atoms with E-state index in [1.54, 1.807) is 0 Å². The van der Waals surface area contributed by atoms with Gasteiger partial charge in [-0.2, -0.15) is 0 Å². The standard InChI is InChI=1S/C13H21/c1-2-3-4-5-6-7-10-13-11-8-9-12-13/h11-12H,2-8,10H2,1H3. The van der Waals surface area contributed by atoms with Crippen LogP contribution in [-0.2, 0) is 0 Å². The molecule has 0 fully saturated rings. The molecule has 0 N–H and O–H groups in total. The van der Waals surface area contributed by atoms with Crippen molar-refractivity contribution in [3.8, 4) is 0 Å². The van der Waals surface area contributed by atoms with Crippen LogP contribution >= 0.6 is 0 Å². The second-order valence-corrected chi connectivity index (χ2v) is 3.85. The lowest BCUT2D eigenvalue weighted by atomic mass is 10.1. The van der Waals surface area contributed by atoms with Gasteiger partial charge in [-0.3, -0.25) is 0 Å². The van der Waals surface area contributed by atoms with Crippen LogP contribution in [-0.4, -0.2) is 0 Å². The van der Waals surface area contributed by atoms with Gasteiger partial charge in [-0.25, -0.2) is 0 Å². The maximum atomic E-state index is 3.22. The molecule has 0 aromatic rings. The number of hydrogen-bond acceptors (Lipinski definition) is 0. The topological polar surface area (TPSA) is 0 Å². The molecule has 0 saturated carbocycles. The van der Waals surface area contributed by atoms with E-state index < -0.39 is 0 Å². The van der Waals surface area contributed by atoms with Crippen molar-refractivity contribution in [2.45, 2.75) is 58.3 Å². The number of rotatable bonds is 7. The van der Waals surface area contributed by atoms with E-state index in [1.165, 1.54) is 50.5 Å². The number of unbranched alkanes of at least 4 members (excludes halogenated alkanes) is 5. The van der Waals surface area contributed by atoms with Crippen LogP contribution in [0.3, 0.4) is 0 Å². The molecule has 0 heterocycles. The van der Waals surface area contributed by atoms with Crippen LogP contribution in [0.5, 0.6) is 0 Å². The van der Waals surface area contributed by atoms with Crippen LogP contribution < -0.4 is 0 Å². The molecule has 13 heavy (non-hydrogen) atoms. The molecular weight excluding hydrogens is 156 g/mol. The number of hydrogen-bond donors (Lipinski definition) is 0. The lowest BCUT2D eigenvalue weighted by Gasteiger charge is -2.00. The molecule has 0 saturated heterocycles. The smallest absolute Gasteiger partial charge is 0.00887 e. The first-order valence-electron chi connectivity index (χ1n) is 5.69. The van der Waals surface area contributed by atoms with E-state index in [0.717, 1.165) is 6.42 Å². The fraction of sp³-hybridized carbons (Fsp3) is 0.692. The highest BCUT2D eigenvalue weighted by atomic mass is 14.0. The SMILES string of the molecule is CCCCCCCCC1=CC[C]=C1. The van der Waals surface area contributed by atoms with Gasteiger partial charge >= 0.3 is 0 Å². The Kier molecular flexibility index (Phi) is 5.64. The molecule has 0 unspecified atom stereocenters. The fourth-order valence-corrected chi connectivity index (χ4v) is 1.72. The summed E-state index contributed by atoms with van der Waals surface area (Å²) in [5, 5.41) is 0. The predicted molar refractivity (Wildman–Crippen MR) is 58.5 cm³/mol. The van der Waals surface area contributed by atoms with Crippen molar-refractivity contribution in [3.63, 3.8) is 0 Å². The maximum Gasteiger partial charge on any atom is -0.00887 e. The molecule has 0 nitrogen and oxygen atoms in total. The van der Waals surface area contributed by atoms with Crippen molar-refractivity contribution in [2.75, 3.05) is 0 Å². The Labute approximate surface area is 82.7 Å². The fourth-order valence-electron chi connectivity index (χ4n) is 1.72. The molecule has 0 heteroatoms. The Bertz CT molecular complexity index is 174. The third-order valence-electron chi connectivity index (χ3n) is 2.59. The van der Waals surface area contributed by atoms with Gasteiger partial charge in [-0.1, -0.05) is 56.8 Å². The van der Waals surface area contributed by atoms with E-state index in [4.69, 9.17) is 0 Å². The van der Waals surface area contributed by atoms with Crippen molar-refractivity contribution in [2.24, 2.45) is 0 Å². The van der Waals surface area contributed by atoms with Gasteiger partial charge in [0.1, 0.15) is 0 Å². The van der Waals surface area contributed by atoms with Crippen molar-refractivity contribution in [1.29, 1.82) is 0 Å². The van der Waals surface area contributed by atoms with E-state index in [0.29, 0.717) is 0 Å². The Morgan fingerprint density at radius 2 is 1.92 bits per heavy atom. The van der Waals surface area contributed by atoms with Gasteiger partial charge < -0.3 is 0 Å². The Hall–Kier alpha value is -0.520. The molecule has 1 radical (unpaired) electrons. The van der Waals surface area contributed by atoms with Crippen LogP contribution in [0, 0.1) is 6.08 Å². The highest BCUT2D eigenvalue weighted by Gasteiger charge is 1.97. The quantitative estimate of drug-likeness (QED) is 0.505. The average molecular weight is 177 g/mol. The normalized spacial score (nSPS) is 15.0. The summed E-state index contributed by atoms with van der Waals surface area (Å²) in [5.41, 5.74) is 1.51. The van der Waals surface area contributed by atoms with Crippen molar-refractivity contribution in [3.05, 3.63) is 23.8 Å². The van der Waals surface area contributed by atoms with E-state index in [-0.39, 0.29) is 0 Å². The van der Waals surface area contributed by atoms with E-state index in [2.05, 4.69) is 25.2 Å². The summed E-state index contributed by atoms with van der Waals surface area (Å²) < 4.78 is 0. The molecule has 0 atom stereocenters. The average Bonchev–Trinajstić information content (AvgIpc) is 2.63. The summed E-state index contributed by atoms with van der Waals surface area (Å²) >= 11 is 0. The minimum atomic E-state index is 1.05. The summed E-state index contributed by atoms with van der Waals surface area (Å²) in [6.07, 6.45) is 18.4. The third kappa shape index (κ3) is 4.92. The van der Waals surface area contributed by atoms with Gasteiger partial charge in [0.25, 0.3) is 0 Å². The van der Waals surface area contributed by atoms with Crippen molar-refractivity contribution >= 4 is 0 Å². The molecular formula is C13H21. The van der Waals surface area contributed by atoms with Crippen LogP contribution in [0.15, 0.2) is 17.7 Å². The van der Waals surface area contributed by atoms with E-state index in [9.17, 15) is 0 Å². The molecule has 0 aromatic heterocycles. The summed E-state index contributed by atoms with van der Waals surface area (Å²) in [6, 6.07) is 0. The molecule has 73 valence electrons. The lowest BCUT2D eigenvalue weighted by molar-refractivity contribution is 0.608. The van der Waals surface area contributed by atoms with Crippen molar-refractivity contribution < 1.29 is 0 Å². The minimum absolute atomic E-state index is 1.05. The first-order chi connectivity index (χ1) is 6.43. The number of allylic oxidation sites excluding steroid dienone is 4. The molecule has 0 spiro atoms. The summed E-state index contributed by atoms with van der Waals surface area (Å²) in [6.45, 7) is 2.27. The Morgan fingerprint density at radius 1 is 1.15 bits per heavy atom. The van der Waals surface area contributed by atoms with Crippen LogP contribution in [0.1, 0.15) is 58.3 Å². The Morgan fingerprint density at radius 3 is 2.62 bits per heavy atom. The second-order valence-electron chi connectivity index (χ2n) is 3.85. The van der Waals surface area contributed by atoms with E-state index >= 15 is 0 Å². The minimum Gasteiger partial charge on any atom is -0.0769 e. The third-order valence-corrected chi connectivity index (χ3v) is 2.59. The van der Waals surface area contributed by atoms with Gasteiger partial charge in [-0.05, 0) is 25.3 Å². The maximum absolute atomic E-state index is 3.22. The molecule has 1 aliphatic rings. The second kappa shape index (κ2) is 6.94. The zero-order valence-electron chi connectivity index (χ0n) is 8.81. The molecule has 0 amide bonds. The van der Waals surface area contributed by atoms with Gasteiger partial charge in [0.15, 0.2) is 0 Å². The molecule has 0 aromatic carbocycles. The van der Waals surface area contributed by atoms with Crippen LogP contribution in [0.4, 0.5) is 0 Å². The van der Waals surface area contributed by atoms with Gasteiger partial charge in [-0.15, -0.1) is 0 Å². The van der Waals surface area contributed by atoms with Crippen LogP contribution in [0.2, 0.25) is 0 Å². The summed E-state index contributed by atoms with van der Waals surface area (Å²) in [5.74, 6) is 0. The van der Waals surface area contributed by atoms with Gasteiger partial charge in [0.05, 0.1) is 0 Å². The first kappa shape index (κ1) is 10.6. The predicted octanol–water partition coefficient (Wildman–Crippen LogP) is 4.43. The van der Waals surface area contributed by atoms with Crippen molar-refractivity contribution in [1.82, 2.24) is 0 Å². The zero-order valence-corrected chi connectivity index (χ0v) is 8.81. The zero-order chi connectivity index (χ0) is 9.36. The molecule has 0 aliphatic heterocycles. The Balaban J connectivity index is 1.86.